The molecule has 0 aliphatic carbocycles. The highest BCUT2D eigenvalue weighted by Crippen LogP contribution is 2.29. The summed E-state index contributed by atoms with van der Waals surface area (Å²) in [6.07, 6.45) is 2.50. The summed E-state index contributed by atoms with van der Waals surface area (Å²) in [5.41, 5.74) is 2.53. The fraction of sp³-hybridized carbons (Fsp3) is 0.375. The lowest BCUT2D eigenvalue weighted by molar-refractivity contribution is 0.201. The lowest BCUT2D eigenvalue weighted by atomic mass is 10.2. The summed E-state index contributed by atoms with van der Waals surface area (Å²) in [6, 6.07) is 10.4. The molecular formula is C24H28ClFN6O2. The van der Waals surface area contributed by atoms with Gasteiger partial charge in [-0.2, -0.15) is 5.10 Å². The minimum atomic E-state index is -0.491. The van der Waals surface area contributed by atoms with E-state index in [9.17, 15) is 9.18 Å². The smallest absolute Gasteiger partial charge is 0.317 e. The van der Waals surface area contributed by atoms with Crippen LogP contribution >= 0.6 is 11.6 Å². The Bertz CT molecular complexity index is 1150. The third kappa shape index (κ3) is 5.59. The van der Waals surface area contributed by atoms with Crippen LogP contribution in [0.5, 0.6) is 5.75 Å². The van der Waals surface area contributed by atoms with E-state index in [1.807, 2.05) is 32.0 Å². The van der Waals surface area contributed by atoms with Crippen LogP contribution in [0.1, 0.15) is 24.7 Å². The Kier molecular flexibility index (Phi) is 7.52. The van der Waals surface area contributed by atoms with E-state index in [4.69, 9.17) is 16.3 Å². The normalized spacial score (nSPS) is 14.1. The number of carbonyl (C=O) groups is 1. The van der Waals surface area contributed by atoms with E-state index < -0.39 is 5.82 Å². The van der Waals surface area contributed by atoms with Gasteiger partial charge in [-0.1, -0.05) is 17.7 Å². The van der Waals surface area contributed by atoms with Gasteiger partial charge in [-0.15, -0.1) is 0 Å². The van der Waals surface area contributed by atoms with Crippen molar-refractivity contribution in [1.29, 1.82) is 0 Å². The zero-order chi connectivity index (χ0) is 24.1. The zero-order valence-electron chi connectivity index (χ0n) is 19.3. The van der Waals surface area contributed by atoms with Gasteiger partial charge in [-0.25, -0.2) is 18.9 Å². The second kappa shape index (κ2) is 10.7. The fourth-order valence-electron chi connectivity index (χ4n) is 3.94. The van der Waals surface area contributed by atoms with Crippen LogP contribution in [0.4, 0.5) is 14.9 Å². The Morgan fingerprint density at radius 1 is 1.18 bits per heavy atom. The largest absolute Gasteiger partial charge is 0.492 e. The van der Waals surface area contributed by atoms with Crippen molar-refractivity contribution in [3.63, 3.8) is 0 Å². The minimum absolute atomic E-state index is 0.0691. The van der Waals surface area contributed by atoms with E-state index in [1.54, 1.807) is 22.0 Å². The molecule has 1 saturated heterocycles. The van der Waals surface area contributed by atoms with Crippen LogP contribution in [0.25, 0.3) is 5.69 Å². The maximum atomic E-state index is 13.6. The van der Waals surface area contributed by atoms with E-state index in [0.717, 1.165) is 30.1 Å². The number of aromatic nitrogens is 3. The van der Waals surface area contributed by atoms with E-state index in [1.165, 1.54) is 12.1 Å². The molecule has 1 aliphatic heterocycles. The Hall–Kier alpha value is -3.33. The van der Waals surface area contributed by atoms with E-state index in [2.05, 4.69) is 20.3 Å². The molecule has 0 spiro atoms. The Balaban J connectivity index is 1.39. The van der Waals surface area contributed by atoms with Crippen molar-refractivity contribution in [2.75, 3.05) is 37.7 Å². The maximum absolute atomic E-state index is 13.6. The molecule has 0 bridgehead atoms. The standard InChI is InChI=1S/C24H28ClFN6O2/c1-3-34-23-14-19(6-8-22(23)32-16-28-17(2)29-32)30-9-4-10-31(12-11-30)24(33)27-15-18-5-7-20(25)21(26)13-18/h5-8,13-14,16H,3-4,9-12,15H2,1-2H3,(H,27,33). The number of carbonyl (C=O) groups excluding carboxylic acids is 1. The second-order valence-electron chi connectivity index (χ2n) is 8.06. The topological polar surface area (TPSA) is 75.5 Å². The second-order valence-corrected chi connectivity index (χ2v) is 8.46. The number of urea groups is 1. The third-order valence-corrected chi connectivity index (χ3v) is 5.98. The van der Waals surface area contributed by atoms with Gasteiger partial charge in [0.25, 0.3) is 0 Å². The van der Waals surface area contributed by atoms with Crippen molar-refractivity contribution in [3.05, 3.63) is 65.0 Å². The summed E-state index contributed by atoms with van der Waals surface area (Å²) in [6.45, 7) is 7.31. The summed E-state index contributed by atoms with van der Waals surface area (Å²) in [7, 11) is 0. The number of rotatable bonds is 6. The number of aryl methyl sites for hydroxylation is 1. The van der Waals surface area contributed by atoms with Crippen LogP contribution < -0.4 is 15.0 Å². The van der Waals surface area contributed by atoms with Gasteiger partial charge >= 0.3 is 6.03 Å². The molecule has 4 rings (SSSR count). The molecule has 1 N–H and O–H groups in total. The van der Waals surface area contributed by atoms with Gasteiger partial charge < -0.3 is 19.9 Å². The quantitative estimate of drug-likeness (QED) is 0.565. The first-order chi connectivity index (χ1) is 16.4. The predicted molar refractivity (Wildman–Crippen MR) is 129 cm³/mol. The maximum Gasteiger partial charge on any atom is 0.317 e. The molecule has 1 aromatic heterocycles. The molecule has 3 aromatic rings. The van der Waals surface area contributed by atoms with Crippen LogP contribution in [0.2, 0.25) is 5.02 Å². The highest BCUT2D eigenvalue weighted by atomic mass is 35.5. The average molecular weight is 487 g/mol. The number of hydrogen-bond donors (Lipinski definition) is 1. The first kappa shape index (κ1) is 23.8. The van der Waals surface area contributed by atoms with E-state index in [0.29, 0.717) is 37.6 Å². The van der Waals surface area contributed by atoms with Crippen LogP contribution in [-0.4, -0.2) is 58.5 Å². The number of halogens is 2. The zero-order valence-corrected chi connectivity index (χ0v) is 20.1. The molecule has 10 heteroatoms. The highest BCUT2D eigenvalue weighted by molar-refractivity contribution is 6.30. The molecular weight excluding hydrogens is 459 g/mol. The molecule has 180 valence electrons. The van der Waals surface area contributed by atoms with Gasteiger partial charge in [0.15, 0.2) is 0 Å². The molecule has 0 atom stereocenters. The van der Waals surface area contributed by atoms with Crippen molar-refractivity contribution in [2.24, 2.45) is 0 Å². The van der Waals surface area contributed by atoms with Crippen LogP contribution in [-0.2, 0) is 6.54 Å². The summed E-state index contributed by atoms with van der Waals surface area (Å²) in [4.78, 5) is 21.0. The number of ether oxygens (including phenoxy) is 1. The van der Waals surface area contributed by atoms with Gasteiger partial charge in [0, 0.05) is 44.5 Å². The minimum Gasteiger partial charge on any atom is -0.492 e. The first-order valence-corrected chi connectivity index (χ1v) is 11.7. The Morgan fingerprint density at radius 2 is 2.03 bits per heavy atom. The average Bonchev–Trinajstić information content (AvgIpc) is 3.11. The van der Waals surface area contributed by atoms with Crippen molar-refractivity contribution < 1.29 is 13.9 Å². The molecule has 2 heterocycles. The van der Waals surface area contributed by atoms with Gasteiger partial charge in [-0.3, -0.25) is 0 Å². The number of amides is 2. The summed E-state index contributed by atoms with van der Waals surface area (Å²) in [5, 5.41) is 7.34. The fourth-order valence-corrected chi connectivity index (χ4v) is 4.06. The van der Waals surface area contributed by atoms with Gasteiger partial charge in [0.05, 0.1) is 11.6 Å². The molecule has 0 saturated carbocycles. The number of anilines is 1. The predicted octanol–water partition coefficient (Wildman–Crippen LogP) is 4.19. The summed E-state index contributed by atoms with van der Waals surface area (Å²) >= 11 is 5.73. The number of benzene rings is 2. The molecule has 34 heavy (non-hydrogen) atoms. The number of hydrogen-bond acceptors (Lipinski definition) is 5. The van der Waals surface area contributed by atoms with Crippen molar-refractivity contribution >= 4 is 23.3 Å². The number of nitrogens with one attached hydrogen (secondary N) is 1. The van der Waals surface area contributed by atoms with E-state index >= 15 is 0 Å². The van der Waals surface area contributed by atoms with Crippen molar-refractivity contribution in [2.45, 2.75) is 26.8 Å². The summed E-state index contributed by atoms with van der Waals surface area (Å²) < 4.78 is 21.2. The summed E-state index contributed by atoms with van der Waals surface area (Å²) in [5.74, 6) is 0.938. The molecule has 2 aromatic carbocycles. The van der Waals surface area contributed by atoms with Gasteiger partial charge in [0.2, 0.25) is 0 Å². The molecule has 2 amide bonds. The lowest BCUT2D eigenvalue weighted by Gasteiger charge is -2.25. The van der Waals surface area contributed by atoms with Crippen molar-refractivity contribution in [3.8, 4) is 11.4 Å². The lowest BCUT2D eigenvalue weighted by Crippen LogP contribution is -2.41. The molecule has 1 fully saturated rings. The van der Waals surface area contributed by atoms with Crippen molar-refractivity contribution in [1.82, 2.24) is 25.0 Å². The van der Waals surface area contributed by atoms with Gasteiger partial charge in [0.1, 0.15) is 29.4 Å². The SMILES string of the molecule is CCOc1cc(N2CCCN(C(=O)NCc3ccc(Cl)c(F)c3)CC2)ccc1-n1cnc(C)n1. The Morgan fingerprint density at radius 3 is 2.76 bits per heavy atom. The molecule has 0 radical (unpaired) electrons. The molecule has 8 nitrogen and oxygen atoms in total. The first-order valence-electron chi connectivity index (χ1n) is 11.3. The third-order valence-electron chi connectivity index (χ3n) is 5.67. The highest BCUT2D eigenvalue weighted by Gasteiger charge is 2.20. The number of nitrogens with zero attached hydrogens (tertiary/aromatic N) is 5. The van der Waals surface area contributed by atoms with Crippen LogP contribution in [0.15, 0.2) is 42.7 Å². The van der Waals surface area contributed by atoms with Crippen LogP contribution in [0, 0.1) is 12.7 Å². The molecule has 0 unspecified atom stereocenters. The van der Waals surface area contributed by atoms with Crippen LogP contribution in [0.3, 0.4) is 0 Å². The molecule has 1 aliphatic rings. The monoisotopic (exact) mass is 486 g/mol. The van der Waals surface area contributed by atoms with E-state index in [-0.39, 0.29) is 17.6 Å². The Labute approximate surface area is 203 Å². The van der Waals surface area contributed by atoms with Gasteiger partial charge in [-0.05, 0) is 50.1 Å².